The van der Waals surface area contributed by atoms with Gasteiger partial charge in [-0.15, -0.1) is 0 Å². The Hall–Kier alpha value is -1.35. The van der Waals surface area contributed by atoms with Crippen molar-refractivity contribution in [2.75, 3.05) is 6.61 Å². The monoisotopic (exact) mass is 416 g/mol. The molecule has 3 heteroatoms. The maximum atomic E-state index is 12.3. The van der Waals surface area contributed by atoms with Crippen LogP contribution < -0.4 is 0 Å². The predicted molar refractivity (Wildman–Crippen MR) is 124 cm³/mol. The number of hydrogen-bond donors (Lipinski definition) is 1. The van der Waals surface area contributed by atoms with Crippen LogP contribution in [-0.2, 0) is 21.6 Å². The molecule has 1 N–H and O–H groups in total. The number of esters is 1. The molecular weight excluding hydrogens is 372 g/mol. The summed E-state index contributed by atoms with van der Waals surface area (Å²) in [7, 11) is 0. The zero-order chi connectivity index (χ0) is 21.7. The lowest BCUT2D eigenvalue weighted by Gasteiger charge is -2.35. The van der Waals surface area contributed by atoms with Gasteiger partial charge in [0.1, 0.15) is 0 Å². The number of unbranched alkanes of at least 4 members (excludes halogenated alkanes) is 8. The van der Waals surface area contributed by atoms with Crippen LogP contribution in [0.4, 0.5) is 0 Å². The number of aliphatic hydroxyl groups is 1. The molecule has 30 heavy (non-hydrogen) atoms. The zero-order valence-corrected chi connectivity index (χ0v) is 19.5. The molecule has 1 aliphatic rings. The van der Waals surface area contributed by atoms with E-state index in [0.29, 0.717) is 32.3 Å². The molecule has 170 valence electrons. The summed E-state index contributed by atoms with van der Waals surface area (Å²) in [5.74, 6) is -0.119. The van der Waals surface area contributed by atoms with Crippen LogP contribution in [0.15, 0.2) is 24.3 Å². The van der Waals surface area contributed by atoms with Crippen LogP contribution in [0.1, 0.15) is 115 Å². The predicted octanol–water partition coefficient (Wildman–Crippen LogP) is 7.09. The Bertz CT molecular complexity index is 585. The summed E-state index contributed by atoms with van der Waals surface area (Å²) >= 11 is 0. The minimum Gasteiger partial charge on any atom is -0.465 e. The standard InChI is InChI=1S/C27H44O3/c1-3-5-7-9-10-11-13-23-14-16-25(17-15-23)27(29)20-18-24(19-21-27)26(28)30-22-12-8-6-4-2/h14-17,24,29H,3-13,18-22H2,1-2H3. The second kappa shape index (κ2) is 13.9. The molecule has 1 saturated carbocycles. The van der Waals surface area contributed by atoms with Crippen molar-refractivity contribution >= 4 is 5.97 Å². The van der Waals surface area contributed by atoms with Gasteiger partial charge in [-0.2, -0.15) is 0 Å². The Morgan fingerprint density at radius 1 is 0.900 bits per heavy atom. The normalized spacial score (nSPS) is 21.5. The topological polar surface area (TPSA) is 46.5 Å². The summed E-state index contributed by atoms with van der Waals surface area (Å²) in [5.41, 5.74) is 1.56. The Labute approximate surface area is 184 Å². The molecule has 3 nitrogen and oxygen atoms in total. The van der Waals surface area contributed by atoms with E-state index in [1.54, 1.807) is 0 Å². The lowest BCUT2D eigenvalue weighted by Crippen LogP contribution is -2.34. The van der Waals surface area contributed by atoms with E-state index in [0.717, 1.165) is 24.8 Å². The number of carbonyl (C=O) groups excluding carboxylic acids is 1. The van der Waals surface area contributed by atoms with Crippen molar-refractivity contribution in [3.8, 4) is 0 Å². The van der Waals surface area contributed by atoms with Gasteiger partial charge < -0.3 is 9.84 Å². The Kier molecular flexibility index (Phi) is 11.5. The van der Waals surface area contributed by atoms with E-state index in [-0.39, 0.29) is 11.9 Å². The number of rotatable bonds is 14. The molecule has 0 saturated heterocycles. The molecule has 0 atom stereocenters. The maximum Gasteiger partial charge on any atom is 0.308 e. The number of benzene rings is 1. The minimum atomic E-state index is -0.795. The average Bonchev–Trinajstić information content (AvgIpc) is 2.77. The first-order chi connectivity index (χ1) is 14.6. The summed E-state index contributed by atoms with van der Waals surface area (Å²) in [6, 6.07) is 8.55. The summed E-state index contributed by atoms with van der Waals surface area (Å²) in [4.78, 5) is 12.3. The van der Waals surface area contributed by atoms with E-state index >= 15 is 0 Å². The van der Waals surface area contributed by atoms with Gasteiger partial charge in [0.05, 0.1) is 18.1 Å². The Morgan fingerprint density at radius 2 is 1.47 bits per heavy atom. The van der Waals surface area contributed by atoms with Gasteiger partial charge in [0.25, 0.3) is 0 Å². The van der Waals surface area contributed by atoms with Crippen LogP contribution >= 0.6 is 0 Å². The third-order valence-electron chi connectivity index (χ3n) is 6.70. The molecule has 2 rings (SSSR count). The van der Waals surface area contributed by atoms with Crippen LogP contribution in [0.3, 0.4) is 0 Å². The zero-order valence-electron chi connectivity index (χ0n) is 19.5. The quantitative estimate of drug-likeness (QED) is 0.260. The molecule has 0 heterocycles. The fraction of sp³-hybridized carbons (Fsp3) is 0.741. The number of hydrogen-bond acceptors (Lipinski definition) is 3. The highest BCUT2D eigenvalue weighted by molar-refractivity contribution is 5.72. The molecule has 1 aliphatic carbocycles. The summed E-state index contributed by atoms with van der Waals surface area (Å²) in [6.07, 6.45) is 16.2. The van der Waals surface area contributed by atoms with Crippen molar-refractivity contribution < 1.29 is 14.6 Å². The highest BCUT2D eigenvalue weighted by atomic mass is 16.5. The Balaban J connectivity index is 1.71. The molecule has 0 unspecified atom stereocenters. The van der Waals surface area contributed by atoms with Gasteiger partial charge in [-0.3, -0.25) is 4.79 Å². The van der Waals surface area contributed by atoms with E-state index in [4.69, 9.17) is 4.74 Å². The molecule has 0 radical (unpaired) electrons. The molecule has 1 aromatic rings. The molecule has 1 aromatic carbocycles. The summed E-state index contributed by atoms with van der Waals surface area (Å²) in [5, 5.41) is 11.2. The second-order valence-corrected chi connectivity index (χ2v) is 9.25. The third-order valence-corrected chi connectivity index (χ3v) is 6.70. The molecule has 0 aliphatic heterocycles. The number of carbonyl (C=O) groups is 1. The van der Waals surface area contributed by atoms with Crippen LogP contribution in [0.5, 0.6) is 0 Å². The summed E-state index contributed by atoms with van der Waals surface area (Å²) in [6.45, 7) is 4.97. The Morgan fingerprint density at radius 3 is 2.10 bits per heavy atom. The second-order valence-electron chi connectivity index (χ2n) is 9.25. The first kappa shape index (κ1) is 24.9. The molecular formula is C27H44O3. The van der Waals surface area contributed by atoms with Crippen molar-refractivity contribution in [2.45, 2.75) is 116 Å². The van der Waals surface area contributed by atoms with E-state index in [2.05, 4.69) is 38.1 Å². The largest absolute Gasteiger partial charge is 0.465 e. The lowest BCUT2D eigenvalue weighted by atomic mass is 9.75. The van der Waals surface area contributed by atoms with E-state index < -0.39 is 5.60 Å². The van der Waals surface area contributed by atoms with Crippen molar-refractivity contribution in [2.24, 2.45) is 5.92 Å². The van der Waals surface area contributed by atoms with Crippen molar-refractivity contribution in [3.05, 3.63) is 35.4 Å². The van der Waals surface area contributed by atoms with Gasteiger partial charge in [-0.05, 0) is 56.1 Å². The maximum absolute atomic E-state index is 12.3. The fourth-order valence-electron chi connectivity index (χ4n) is 4.53. The highest BCUT2D eigenvalue weighted by Crippen LogP contribution is 2.40. The molecule has 0 amide bonds. The molecule has 0 spiro atoms. The van der Waals surface area contributed by atoms with Crippen LogP contribution in [-0.4, -0.2) is 17.7 Å². The van der Waals surface area contributed by atoms with E-state index in [9.17, 15) is 9.90 Å². The van der Waals surface area contributed by atoms with Gasteiger partial charge in [-0.25, -0.2) is 0 Å². The first-order valence-corrected chi connectivity index (χ1v) is 12.6. The third kappa shape index (κ3) is 8.41. The van der Waals surface area contributed by atoms with Gasteiger partial charge in [0, 0.05) is 0 Å². The lowest BCUT2D eigenvalue weighted by molar-refractivity contribution is -0.152. The van der Waals surface area contributed by atoms with Gasteiger partial charge in [-0.1, -0.05) is 89.5 Å². The van der Waals surface area contributed by atoms with Gasteiger partial charge in [0.15, 0.2) is 0 Å². The van der Waals surface area contributed by atoms with Gasteiger partial charge >= 0.3 is 5.97 Å². The minimum absolute atomic E-state index is 0.0524. The van der Waals surface area contributed by atoms with Crippen molar-refractivity contribution in [1.82, 2.24) is 0 Å². The molecule has 1 fully saturated rings. The molecule has 0 aromatic heterocycles. The van der Waals surface area contributed by atoms with Crippen molar-refractivity contribution in [3.63, 3.8) is 0 Å². The van der Waals surface area contributed by atoms with Crippen LogP contribution in [0, 0.1) is 5.92 Å². The first-order valence-electron chi connectivity index (χ1n) is 12.6. The summed E-state index contributed by atoms with van der Waals surface area (Å²) < 4.78 is 5.47. The number of ether oxygens (including phenoxy) is 1. The SMILES string of the molecule is CCCCCCCCc1ccc(C2(O)CCC(C(=O)OCCCCCC)CC2)cc1. The average molecular weight is 417 g/mol. The van der Waals surface area contributed by atoms with E-state index in [1.807, 2.05) is 0 Å². The highest BCUT2D eigenvalue weighted by Gasteiger charge is 2.37. The number of aryl methyl sites for hydroxylation is 1. The van der Waals surface area contributed by atoms with Crippen LogP contribution in [0.2, 0.25) is 0 Å². The van der Waals surface area contributed by atoms with Crippen LogP contribution in [0.25, 0.3) is 0 Å². The van der Waals surface area contributed by atoms with Gasteiger partial charge in [0.2, 0.25) is 0 Å². The fourth-order valence-corrected chi connectivity index (χ4v) is 4.53. The van der Waals surface area contributed by atoms with Crippen molar-refractivity contribution in [1.29, 1.82) is 0 Å². The molecule has 0 bridgehead atoms. The smallest absolute Gasteiger partial charge is 0.308 e. The van der Waals surface area contributed by atoms with E-state index in [1.165, 1.54) is 56.9 Å².